The molecule has 2 heterocycles. The number of benzene rings is 2. The van der Waals surface area contributed by atoms with Gasteiger partial charge in [0.25, 0.3) is 17.1 Å². The number of furan rings is 1. The molecular formula is C22H16F2N2O4S. The van der Waals surface area contributed by atoms with Crippen molar-refractivity contribution in [2.75, 3.05) is 13.1 Å². The van der Waals surface area contributed by atoms with Crippen molar-refractivity contribution in [3.63, 3.8) is 0 Å². The number of fused-ring (bicyclic) bond motifs is 1. The van der Waals surface area contributed by atoms with Gasteiger partial charge >= 0.3 is 0 Å². The van der Waals surface area contributed by atoms with Gasteiger partial charge in [0.1, 0.15) is 5.82 Å². The number of halogens is 2. The highest BCUT2D eigenvalue weighted by molar-refractivity contribution is 8.18. The lowest BCUT2D eigenvalue weighted by molar-refractivity contribution is -0.122. The Labute approximate surface area is 179 Å². The SMILES string of the molecule is Cc1c(C(=O)NCCN2C(=O)S/C(=C\c3ccccc3F)C2=O)oc2c(F)cccc12. The van der Waals surface area contributed by atoms with Crippen molar-refractivity contribution >= 4 is 45.9 Å². The van der Waals surface area contributed by atoms with Crippen LogP contribution in [-0.2, 0) is 4.79 Å². The molecule has 3 amide bonds. The van der Waals surface area contributed by atoms with Gasteiger partial charge in [0.05, 0.1) is 4.91 Å². The van der Waals surface area contributed by atoms with Gasteiger partial charge in [-0.05, 0) is 36.9 Å². The summed E-state index contributed by atoms with van der Waals surface area (Å²) in [6, 6.07) is 10.3. The third-order valence-electron chi connectivity index (χ3n) is 4.81. The number of rotatable bonds is 5. The van der Waals surface area contributed by atoms with Gasteiger partial charge in [-0.1, -0.05) is 30.3 Å². The Balaban J connectivity index is 1.42. The fourth-order valence-electron chi connectivity index (χ4n) is 3.21. The molecule has 0 spiro atoms. The lowest BCUT2D eigenvalue weighted by atomic mass is 10.1. The third-order valence-corrected chi connectivity index (χ3v) is 5.72. The predicted molar refractivity (Wildman–Crippen MR) is 112 cm³/mol. The number of thioether (sulfide) groups is 1. The molecule has 3 aromatic rings. The zero-order valence-corrected chi connectivity index (χ0v) is 17.1. The Kier molecular flexibility index (Phi) is 5.60. The molecule has 0 saturated carbocycles. The molecule has 2 aromatic carbocycles. The molecule has 31 heavy (non-hydrogen) atoms. The first-order valence-corrected chi connectivity index (χ1v) is 10.1. The van der Waals surface area contributed by atoms with Crippen LogP contribution in [0.2, 0.25) is 0 Å². The van der Waals surface area contributed by atoms with Gasteiger partial charge in [-0.2, -0.15) is 0 Å². The van der Waals surface area contributed by atoms with E-state index in [1.165, 1.54) is 36.4 Å². The summed E-state index contributed by atoms with van der Waals surface area (Å²) < 4.78 is 33.0. The standard InChI is InChI=1S/C22H16F2N2O4S/c1-12-14-6-4-8-16(24)19(14)30-18(12)20(27)25-9-10-26-21(28)17(31-22(26)29)11-13-5-2-3-7-15(13)23/h2-8,11H,9-10H2,1H3,(H,25,27)/b17-11-. The number of amides is 3. The fourth-order valence-corrected chi connectivity index (χ4v) is 4.07. The zero-order valence-electron chi connectivity index (χ0n) is 16.3. The highest BCUT2D eigenvalue weighted by Crippen LogP contribution is 2.32. The van der Waals surface area contributed by atoms with E-state index in [4.69, 9.17) is 4.42 Å². The van der Waals surface area contributed by atoms with Crippen molar-refractivity contribution in [1.82, 2.24) is 10.2 Å². The number of hydrogen-bond donors (Lipinski definition) is 1. The van der Waals surface area contributed by atoms with E-state index in [2.05, 4.69) is 5.32 Å². The van der Waals surface area contributed by atoms with Crippen LogP contribution in [0.1, 0.15) is 21.7 Å². The molecule has 0 atom stereocenters. The maximum absolute atomic E-state index is 13.9. The summed E-state index contributed by atoms with van der Waals surface area (Å²) in [5.41, 5.74) is 0.689. The quantitative estimate of drug-likeness (QED) is 0.589. The van der Waals surface area contributed by atoms with Crippen LogP contribution in [0.4, 0.5) is 13.6 Å². The molecule has 1 N–H and O–H groups in total. The van der Waals surface area contributed by atoms with Gasteiger partial charge in [-0.25, -0.2) is 8.78 Å². The molecule has 6 nitrogen and oxygen atoms in total. The number of carbonyl (C=O) groups excluding carboxylic acids is 3. The van der Waals surface area contributed by atoms with Gasteiger partial charge in [0.2, 0.25) is 0 Å². The normalized spacial score (nSPS) is 15.3. The summed E-state index contributed by atoms with van der Waals surface area (Å²) in [6.07, 6.45) is 1.32. The maximum Gasteiger partial charge on any atom is 0.293 e. The number of para-hydroxylation sites is 1. The maximum atomic E-state index is 13.9. The molecule has 1 saturated heterocycles. The average molecular weight is 442 g/mol. The Morgan fingerprint density at radius 3 is 2.61 bits per heavy atom. The number of aryl methyl sites for hydroxylation is 1. The zero-order chi connectivity index (χ0) is 22.1. The van der Waals surface area contributed by atoms with E-state index in [1.54, 1.807) is 19.1 Å². The molecule has 1 aliphatic heterocycles. The van der Waals surface area contributed by atoms with Crippen LogP contribution in [0.3, 0.4) is 0 Å². The van der Waals surface area contributed by atoms with Crippen LogP contribution in [-0.4, -0.2) is 35.0 Å². The minimum atomic E-state index is -0.582. The van der Waals surface area contributed by atoms with Crippen LogP contribution >= 0.6 is 11.8 Å². The third kappa shape index (κ3) is 3.96. The smallest absolute Gasteiger partial charge is 0.293 e. The Bertz CT molecular complexity index is 1250. The number of nitrogens with zero attached hydrogens (tertiary/aromatic N) is 1. The van der Waals surface area contributed by atoms with E-state index in [0.717, 1.165) is 4.90 Å². The van der Waals surface area contributed by atoms with Crippen LogP contribution in [0.15, 0.2) is 51.8 Å². The Morgan fingerprint density at radius 2 is 1.87 bits per heavy atom. The summed E-state index contributed by atoms with van der Waals surface area (Å²) in [4.78, 5) is 38.2. The first-order chi connectivity index (χ1) is 14.9. The van der Waals surface area contributed by atoms with Crippen molar-refractivity contribution in [2.45, 2.75) is 6.92 Å². The molecule has 4 rings (SSSR count). The Morgan fingerprint density at radius 1 is 1.13 bits per heavy atom. The van der Waals surface area contributed by atoms with E-state index in [0.29, 0.717) is 22.7 Å². The van der Waals surface area contributed by atoms with E-state index in [-0.39, 0.29) is 34.9 Å². The number of imide groups is 1. The van der Waals surface area contributed by atoms with Crippen LogP contribution < -0.4 is 5.32 Å². The van der Waals surface area contributed by atoms with Crippen molar-refractivity contribution in [2.24, 2.45) is 0 Å². The first-order valence-electron chi connectivity index (χ1n) is 9.32. The molecule has 9 heteroatoms. The summed E-state index contributed by atoms with van der Waals surface area (Å²) in [7, 11) is 0. The minimum absolute atomic E-state index is 0.00521. The molecule has 1 fully saturated rings. The largest absolute Gasteiger partial charge is 0.448 e. The van der Waals surface area contributed by atoms with Crippen LogP contribution in [0, 0.1) is 18.6 Å². The van der Waals surface area contributed by atoms with Crippen molar-refractivity contribution in [3.8, 4) is 0 Å². The van der Waals surface area contributed by atoms with Crippen LogP contribution in [0.25, 0.3) is 17.0 Å². The van der Waals surface area contributed by atoms with Crippen molar-refractivity contribution in [1.29, 1.82) is 0 Å². The monoisotopic (exact) mass is 442 g/mol. The number of nitrogens with one attached hydrogen (secondary N) is 1. The van der Waals surface area contributed by atoms with E-state index < -0.39 is 28.7 Å². The summed E-state index contributed by atoms with van der Waals surface area (Å²) >= 11 is 0.707. The van der Waals surface area contributed by atoms with Gasteiger partial charge in [0.15, 0.2) is 17.2 Å². The summed E-state index contributed by atoms with van der Waals surface area (Å²) in [5, 5.41) is 2.56. The molecule has 0 radical (unpaired) electrons. The molecule has 1 aromatic heterocycles. The van der Waals surface area contributed by atoms with E-state index in [1.807, 2.05) is 0 Å². The van der Waals surface area contributed by atoms with Crippen LogP contribution in [0.5, 0.6) is 0 Å². The molecule has 158 valence electrons. The lowest BCUT2D eigenvalue weighted by Crippen LogP contribution is -2.37. The van der Waals surface area contributed by atoms with Gasteiger partial charge in [-0.3, -0.25) is 19.3 Å². The molecule has 0 aliphatic carbocycles. The molecule has 0 unspecified atom stereocenters. The molecule has 0 bridgehead atoms. The predicted octanol–water partition coefficient (Wildman–Crippen LogP) is 4.49. The van der Waals surface area contributed by atoms with Gasteiger partial charge in [-0.15, -0.1) is 0 Å². The topological polar surface area (TPSA) is 79.6 Å². The lowest BCUT2D eigenvalue weighted by Gasteiger charge is -2.12. The average Bonchev–Trinajstić information content (AvgIpc) is 3.22. The highest BCUT2D eigenvalue weighted by atomic mass is 32.2. The molecule has 1 aliphatic rings. The van der Waals surface area contributed by atoms with E-state index >= 15 is 0 Å². The minimum Gasteiger partial charge on any atom is -0.448 e. The second-order valence-corrected chi connectivity index (χ2v) is 7.78. The highest BCUT2D eigenvalue weighted by Gasteiger charge is 2.35. The Hall–Kier alpha value is -3.46. The number of hydrogen-bond acceptors (Lipinski definition) is 5. The molecular weight excluding hydrogens is 426 g/mol. The number of carbonyl (C=O) groups is 3. The second kappa shape index (κ2) is 8.35. The summed E-state index contributed by atoms with van der Waals surface area (Å²) in [6.45, 7) is 1.55. The van der Waals surface area contributed by atoms with Gasteiger partial charge < -0.3 is 9.73 Å². The van der Waals surface area contributed by atoms with Gasteiger partial charge in [0, 0.05) is 29.6 Å². The van der Waals surface area contributed by atoms with E-state index in [9.17, 15) is 23.2 Å². The summed E-state index contributed by atoms with van der Waals surface area (Å²) in [5.74, 6) is -2.25. The van der Waals surface area contributed by atoms with Crippen molar-refractivity contribution < 1.29 is 27.6 Å². The van der Waals surface area contributed by atoms with Crippen molar-refractivity contribution in [3.05, 3.63) is 75.9 Å². The first kappa shape index (κ1) is 20.8. The second-order valence-electron chi connectivity index (χ2n) is 6.78. The fraction of sp³-hybridized carbons (Fsp3) is 0.136.